The van der Waals surface area contributed by atoms with Gasteiger partial charge in [-0.2, -0.15) is 0 Å². The molecule has 0 radical (unpaired) electrons. The lowest BCUT2D eigenvalue weighted by atomic mass is 9.88. The van der Waals surface area contributed by atoms with Gasteiger partial charge in [0.25, 0.3) is 11.5 Å². The number of carbonyl (C=O) groups excluding carboxylic acids is 1. The average molecular weight is 385 g/mol. The molecular formula is C22H32N4O2. The van der Waals surface area contributed by atoms with E-state index in [1.807, 2.05) is 13.0 Å². The fourth-order valence-corrected chi connectivity index (χ4v) is 4.35. The van der Waals surface area contributed by atoms with E-state index in [-0.39, 0.29) is 17.0 Å². The second-order valence-electron chi connectivity index (χ2n) is 8.17. The van der Waals surface area contributed by atoms with Crippen LogP contribution in [-0.2, 0) is 6.54 Å². The van der Waals surface area contributed by atoms with Crippen LogP contribution in [0, 0.1) is 6.92 Å². The van der Waals surface area contributed by atoms with Crippen LogP contribution in [0.25, 0.3) is 11.0 Å². The third-order valence-corrected chi connectivity index (χ3v) is 6.25. The van der Waals surface area contributed by atoms with Crippen molar-refractivity contribution in [3.63, 3.8) is 0 Å². The molecule has 0 aliphatic heterocycles. The molecule has 0 atom stereocenters. The van der Waals surface area contributed by atoms with Crippen LogP contribution in [0.1, 0.15) is 61.5 Å². The largest absolute Gasteiger partial charge is 0.350 e. The summed E-state index contributed by atoms with van der Waals surface area (Å²) in [5, 5.41) is 3.16. The number of aryl methyl sites for hydroxylation is 2. The number of hydrogen-bond donors (Lipinski definition) is 1. The zero-order valence-corrected chi connectivity index (χ0v) is 17.5. The molecule has 0 bridgehead atoms. The minimum Gasteiger partial charge on any atom is -0.350 e. The van der Waals surface area contributed by atoms with Crippen molar-refractivity contribution in [2.45, 2.75) is 64.5 Å². The Morgan fingerprint density at radius 2 is 1.89 bits per heavy atom. The van der Waals surface area contributed by atoms with Gasteiger partial charge in [-0.05, 0) is 59.0 Å². The third kappa shape index (κ3) is 3.97. The highest BCUT2D eigenvalue weighted by atomic mass is 16.1. The predicted octanol–water partition coefficient (Wildman–Crippen LogP) is 3.11. The van der Waals surface area contributed by atoms with Crippen molar-refractivity contribution in [1.29, 1.82) is 0 Å². The van der Waals surface area contributed by atoms with Crippen molar-refractivity contribution >= 4 is 16.9 Å². The molecule has 0 saturated heterocycles. The maximum atomic E-state index is 12.9. The van der Waals surface area contributed by atoms with Crippen LogP contribution in [0.4, 0.5) is 0 Å². The van der Waals surface area contributed by atoms with E-state index in [9.17, 15) is 9.59 Å². The van der Waals surface area contributed by atoms with Gasteiger partial charge in [0.05, 0.1) is 11.0 Å². The van der Waals surface area contributed by atoms with Crippen molar-refractivity contribution < 1.29 is 4.79 Å². The van der Waals surface area contributed by atoms with Gasteiger partial charge in [-0.15, -0.1) is 0 Å². The van der Waals surface area contributed by atoms with Crippen LogP contribution >= 0.6 is 0 Å². The fraction of sp³-hybridized carbons (Fsp3) is 0.591. The highest BCUT2D eigenvalue weighted by molar-refractivity contribution is 5.97. The Kier molecular flexibility index (Phi) is 6.18. The van der Waals surface area contributed by atoms with Crippen LogP contribution < -0.4 is 10.9 Å². The molecule has 0 unspecified atom stereocenters. The number of aromatic nitrogens is 2. The quantitative estimate of drug-likeness (QED) is 0.805. The highest BCUT2D eigenvalue weighted by Gasteiger charge is 2.33. The first kappa shape index (κ1) is 20.5. The van der Waals surface area contributed by atoms with Crippen LogP contribution in [0.2, 0.25) is 0 Å². The van der Waals surface area contributed by atoms with Gasteiger partial charge in [0.2, 0.25) is 0 Å². The second kappa shape index (κ2) is 8.43. The summed E-state index contributed by atoms with van der Waals surface area (Å²) in [6.45, 7) is 4.88. The standard InChI is InChI=1S/C22H32N4O2/c1-5-26-19-11-10-17(14-18(19)24-16(2)21(26)28)20(27)23-15-22(25(3)4)12-8-6-7-9-13-22/h10-11,14H,5-9,12-13,15H2,1-4H3,(H,23,27). The van der Waals surface area contributed by atoms with E-state index in [1.165, 1.54) is 25.7 Å². The number of amides is 1. The minimum atomic E-state index is -0.0823. The molecule has 6 nitrogen and oxygen atoms in total. The number of hydrogen-bond acceptors (Lipinski definition) is 4. The Hall–Kier alpha value is -2.21. The Labute approximate surface area is 166 Å². The molecule has 1 N–H and O–H groups in total. The third-order valence-electron chi connectivity index (χ3n) is 6.25. The van der Waals surface area contributed by atoms with Gasteiger partial charge >= 0.3 is 0 Å². The summed E-state index contributed by atoms with van der Waals surface area (Å²) < 4.78 is 1.70. The number of nitrogens with zero attached hydrogens (tertiary/aromatic N) is 3. The SMILES string of the molecule is CCn1c(=O)c(C)nc2cc(C(=O)NCC3(N(C)C)CCCCCC3)ccc21. The number of carbonyl (C=O) groups is 1. The van der Waals surface area contributed by atoms with Gasteiger partial charge in [0.15, 0.2) is 0 Å². The van der Waals surface area contributed by atoms with E-state index < -0.39 is 0 Å². The van der Waals surface area contributed by atoms with Crippen LogP contribution in [0.5, 0.6) is 0 Å². The molecule has 1 aliphatic rings. The van der Waals surface area contributed by atoms with Gasteiger partial charge in [0, 0.05) is 24.2 Å². The van der Waals surface area contributed by atoms with Gasteiger partial charge in [-0.1, -0.05) is 25.7 Å². The summed E-state index contributed by atoms with van der Waals surface area (Å²) in [6.07, 6.45) is 7.20. The van der Waals surface area contributed by atoms with Crippen molar-refractivity contribution in [2.75, 3.05) is 20.6 Å². The number of fused-ring (bicyclic) bond motifs is 1. The van der Waals surface area contributed by atoms with Crippen molar-refractivity contribution in [2.24, 2.45) is 0 Å². The number of rotatable bonds is 5. The lowest BCUT2D eigenvalue weighted by Crippen LogP contribution is -2.52. The predicted molar refractivity (Wildman–Crippen MR) is 113 cm³/mol. The topological polar surface area (TPSA) is 67.2 Å². The molecule has 2 aromatic rings. The molecule has 1 aliphatic carbocycles. The summed E-state index contributed by atoms with van der Waals surface area (Å²) in [4.78, 5) is 31.8. The number of likely N-dealkylation sites (N-methyl/N-ethyl adjacent to an activating group) is 1. The summed E-state index contributed by atoms with van der Waals surface area (Å²) in [5.74, 6) is -0.0823. The van der Waals surface area contributed by atoms with Gasteiger partial charge < -0.3 is 14.8 Å². The smallest absolute Gasteiger partial charge is 0.272 e. The first-order valence-electron chi connectivity index (χ1n) is 10.3. The molecule has 0 spiro atoms. The maximum Gasteiger partial charge on any atom is 0.272 e. The fourth-order valence-electron chi connectivity index (χ4n) is 4.35. The van der Waals surface area contributed by atoms with E-state index in [0.29, 0.717) is 29.9 Å². The lowest BCUT2D eigenvalue weighted by Gasteiger charge is -2.39. The zero-order valence-electron chi connectivity index (χ0n) is 17.5. The summed E-state index contributed by atoms with van der Waals surface area (Å²) in [5.41, 5.74) is 2.45. The monoisotopic (exact) mass is 384 g/mol. The van der Waals surface area contributed by atoms with E-state index in [0.717, 1.165) is 18.4 Å². The molecule has 1 heterocycles. The Balaban J connectivity index is 1.83. The zero-order chi connectivity index (χ0) is 20.3. The number of nitrogens with one attached hydrogen (secondary N) is 1. The molecule has 28 heavy (non-hydrogen) atoms. The molecule has 6 heteroatoms. The molecular weight excluding hydrogens is 352 g/mol. The first-order valence-corrected chi connectivity index (χ1v) is 10.3. The highest BCUT2D eigenvalue weighted by Crippen LogP contribution is 2.30. The van der Waals surface area contributed by atoms with Gasteiger partial charge in [-0.3, -0.25) is 9.59 Å². The Morgan fingerprint density at radius 3 is 2.50 bits per heavy atom. The summed E-state index contributed by atoms with van der Waals surface area (Å²) in [6, 6.07) is 5.41. The molecule has 1 aromatic heterocycles. The molecule has 152 valence electrons. The second-order valence-corrected chi connectivity index (χ2v) is 8.17. The Morgan fingerprint density at radius 1 is 1.21 bits per heavy atom. The summed E-state index contributed by atoms with van der Waals surface area (Å²) >= 11 is 0. The van der Waals surface area contributed by atoms with Gasteiger partial charge in [-0.25, -0.2) is 4.98 Å². The molecule has 3 rings (SSSR count). The molecule has 1 fully saturated rings. The maximum absolute atomic E-state index is 12.9. The van der Waals surface area contributed by atoms with Gasteiger partial charge in [0.1, 0.15) is 5.69 Å². The number of benzene rings is 1. The van der Waals surface area contributed by atoms with Crippen LogP contribution in [0.15, 0.2) is 23.0 Å². The van der Waals surface area contributed by atoms with E-state index >= 15 is 0 Å². The van der Waals surface area contributed by atoms with E-state index in [4.69, 9.17) is 0 Å². The van der Waals surface area contributed by atoms with Crippen LogP contribution in [0.3, 0.4) is 0 Å². The van der Waals surface area contributed by atoms with Crippen molar-refractivity contribution in [1.82, 2.24) is 19.8 Å². The normalized spacial score (nSPS) is 16.9. The average Bonchev–Trinajstić information content (AvgIpc) is 2.93. The molecule has 1 amide bonds. The summed E-state index contributed by atoms with van der Waals surface area (Å²) in [7, 11) is 4.23. The Bertz CT molecular complexity index is 909. The molecule has 1 saturated carbocycles. The van der Waals surface area contributed by atoms with Crippen molar-refractivity contribution in [3.05, 3.63) is 39.8 Å². The van der Waals surface area contributed by atoms with Crippen LogP contribution in [-0.4, -0.2) is 46.5 Å². The van der Waals surface area contributed by atoms with E-state index in [2.05, 4.69) is 29.3 Å². The van der Waals surface area contributed by atoms with E-state index in [1.54, 1.807) is 23.6 Å². The van der Waals surface area contributed by atoms with Crippen molar-refractivity contribution in [3.8, 4) is 0 Å². The first-order chi connectivity index (χ1) is 13.4. The molecule has 1 aromatic carbocycles. The minimum absolute atomic E-state index is 0.0283. The lowest BCUT2D eigenvalue weighted by molar-refractivity contribution is 0.0869.